The van der Waals surface area contributed by atoms with Crippen LogP contribution in [0.1, 0.15) is 19.3 Å². The van der Waals surface area contributed by atoms with Gasteiger partial charge in [-0.1, -0.05) is 0 Å². The number of hydrogen-bond acceptors (Lipinski definition) is 2. The summed E-state index contributed by atoms with van der Waals surface area (Å²) in [5.74, 6) is 0. The van der Waals surface area contributed by atoms with E-state index in [2.05, 4.69) is 0 Å². The van der Waals surface area contributed by atoms with Crippen molar-refractivity contribution in [1.82, 2.24) is 0 Å². The van der Waals surface area contributed by atoms with Crippen molar-refractivity contribution in [2.45, 2.75) is 31.0 Å². The molecule has 1 aliphatic carbocycles. The first-order valence-electron chi connectivity index (χ1n) is 3.48. The van der Waals surface area contributed by atoms with E-state index in [-0.39, 0.29) is 11.8 Å². The zero-order valence-electron chi connectivity index (χ0n) is 6.03. The molecule has 0 amide bonds. The first-order valence-corrected chi connectivity index (χ1v) is 5.66. The molecule has 0 saturated heterocycles. The SMILES string of the molecule is CP(=O)(O)[C@@H]1CC[C@H](O)C1. The highest BCUT2D eigenvalue weighted by atomic mass is 31.2. The van der Waals surface area contributed by atoms with Gasteiger partial charge in [0.2, 0.25) is 7.37 Å². The van der Waals surface area contributed by atoms with Gasteiger partial charge in [0.05, 0.1) is 6.10 Å². The van der Waals surface area contributed by atoms with E-state index in [0.29, 0.717) is 19.3 Å². The van der Waals surface area contributed by atoms with E-state index in [4.69, 9.17) is 10.00 Å². The van der Waals surface area contributed by atoms with E-state index in [9.17, 15) is 4.57 Å². The van der Waals surface area contributed by atoms with Crippen LogP contribution < -0.4 is 0 Å². The minimum absolute atomic E-state index is 0.150. The molecular formula is C6H13O3P. The van der Waals surface area contributed by atoms with Crippen LogP contribution in [-0.2, 0) is 4.57 Å². The Bertz CT molecular complexity index is 162. The maximum atomic E-state index is 11.0. The van der Waals surface area contributed by atoms with Crippen molar-refractivity contribution in [1.29, 1.82) is 0 Å². The summed E-state index contributed by atoms with van der Waals surface area (Å²) in [4.78, 5) is 9.08. The number of rotatable bonds is 1. The number of hydrogen-bond donors (Lipinski definition) is 2. The van der Waals surface area contributed by atoms with Gasteiger partial charge >= 0.3 is 0 Å². The van der Waals surface area contributed by atoms with Gasteiger partial charge in [0.1, 0.15) is 0 Å². The molecular weight excluding hydrogens is 151 g/mol. The van der Waals surface area contributed by atoms with Crippen LogP contribution in [0.3, 0.4) is 0 Å². The summed E-state index contributed by atoms with van der Waals surface area (Å²) in [6, 6.07) is 0. The molecule has 4 heteroatoms. The fourth-order valence-electron chi connectivity index (χ4n) is 1.37. The van der Waals surface area contributed by atoms with Crippen molar-refractivity contribution in [3.63, 3.8) is 0 Å². The van der Waals surface area contributed by atoms with Crippen molar-refractivity contribution in [3.8, 4) is 0 Å². The molecule has 3 nitrogen and oxygen atoms in total. The van der Waals surface area contributed by atoms with E-state index in [1.165, 1.54) is 6.66 Å². The van der Waals surface area contributed by atoms with E-state index < -0.39 is 7.37 Å². The first-order chi connectivity index (χ1) is 4.50. The Morgan fingerprint density at radius 3 is 2.30 bits per heavy atom. The lowest BCUT2D eigenvalue weighted by Crippen LogP contribution is -2.05. The van der Waals surface area contributed by atoms with Crippen molar-refractivity contribution >= 4 is 7.37 Å². The highest BCUT2D eigenvalue weighted by molar-refractivity contribution is 7.57. The lowest BCUT2D eigenvalue weighted by atomic mass is 10.3. The van der Waals surface area contributed by atoms with Gasteiger partial charge in [-0.3, -0.25) is 4.57 Å². The molecule has 10 heavy (non-hydrogen) atoms. The van der Waals surface area contributed by atoms with Crippen LogP contribution in [0.4, 0.5) is 0 Å². The Kier molecular flexibility index (Phi) is 2.18. The van der Waals surface area contributed by atoms with Crippen LogP contribution in [-0.4, -0.2) is 28.4 Å². The molecule has 1 rings (SSSR count). The average molecular weight is 164 g/mol. The average Bonchev–Trinajstić information content (AvgIpc) is 2.11. The maximum absolute atomic E-state index is 11.0. The summed E-state index contributed by atoms with van der Waals surface area (Å²) in [6.45, 7) is 1.37. The minimum Gasteiger partial charge on any atom is -0.393 e. The molecule has 1 unspecified atom stereocenters. The van der Waals surface area contributed by atoms with Crippen molar-refractivity contribution < 1.29 is 14.6 Å². The van der Waals surface area contributed by atoms with E-state index in [0.717, 1.165) is 0 Å². The van der Waals surface area contributed by atoms with Gasteiger partial charge in [-0.25, -0.2) is 0 Å². The highest BCUT2D eigenvalue weighted by Gasteiger charge is 2.33. The molecule has 3 atom stereocenters. The Labute approximate surface area is 60.5 Å². The van der Waals surface area contributed by atoms with Gasteiger partial charge in [0.15, 0.2) is 0 Å². The molecule has 0 aliphatic heterocycles. The normalized spacial score (nSPS) is 39.5. The fraction of sp³-hybridized carbons (Fsp3) is 1.00. The van der Waals surface area contributed by atoms with E-state index in [1.807, 2.05) is 0 Å². The molecule has 0 aromatic carbocycles. The second kappa shape index (κ2) is 2.65. The Hall–Kier alpha value is 0.150. The van der Waals surface area contributed by atoms with E-state index >= 15 is 0 Å². The zero-order chi connectivity index (χ0) is 7.78. The fourth-order valence-corrected chi connectivity index (χ4v) is 2.63. The zero-order valence-corrected chi connectivity index (χ0v) is 6.92. The largest absolute Gasteiger partial charge is 0.393 e. The minimum atomic E-state index is -2.91. The van der Waals surface area contributed by atoms with Crippen LogP contribution in [0.5, 0.6) is 0 Å². The van der Waals surface area contributed by atoms with Crippen LogP contribution >= 0.6 is 7.37 Å². The molecule has 0 aromatic heterocycles. The second-order valence-electron chi connectivity index (χ2n) is 3.06. The van der Waals surface area contributed by atoms with Crippen LogP contribution in [0.25, 0.3) is 0 Å². The standard InChI is InChI=1S/C6H13O3P/c1-10(8,9)6-3-2-5(7)4-6/h5-7H,2-4H2,1H3,(H,8,9)/t5-,6+/m0/s1. The van der Waals surface area contributed by atoms with Crippen LogP contribution in [0, 0.1) is 0 Å². The van der Waals surface area contributed by atoms with Crippen molar-refractivity contribution in [2.24, 2.45) is 0 Å². The molecule has 0 radical (unpaired) electrons. The molecule has 0 spiro atoms. The lowest BCUT2D eigenvalue weighted by Gasteiger charge is -2.12. The summed E-state index contributed by atoms with van der Waals surface area (Å²) in [6.07, 6.45) is 1.55. The van der Waals surface area contributed by atoms with Crippen molar-refractivity contribution in [2.75, 3.05) is 6.66 Å². The van der Waals surface area contributed by atoms with Gasteiger partial charge in [-0.2, -0.15) is 0 Å². The molecule has 0 heterocycles. The Balaban J connectivity index is 2.53. The summed E-state index contributed by atoms with van der Waals surface area (Å²) in [5.41, 5.74) is -0.150. The van der Waals surface area contributed by atoms with Gasteiger partial charge < -0.3 is 10.00 Å². The third-order valence-corrected chi connectivity index (χ3v) is 3.88. The van der Waals surface area contributed by atoms with Crippen molar-refractivity contribution in [3.05, 3.63) is 0 Å². The van der Waals surface area contributed by atoms with Gasteiger partial charge in [0, 0.05) is 12.3 Å². The summed E-state index contributed by atoms with van der Waals surface area (Å²) >= 11 is 0. The van der Waals surface area contributed by atoms with E-state index in [1.54, 1.807) is 0 Å². The lowest BCUT2D eigenvalue weighted by molar-refractivity contribution is 0.183. The number of aliphatic hydroxyl groups is 1. The van der Waals surface area contributed by atoms with Gasteiger partial charge in [-0.15, -0.1) is 0 Å². The topological polar surface area (TPSA) is 57.5 Å². The Morgan fingerprint density at radius 1 is 1.50 bits per heavy atom. The summed E-state index contributed by atoms with van der Waals surface area (Å²) < 4.78 is 11.0. The first kappa shape index (κ1) is 8.25. The quantitative estimate of drug-likeness (QED) is 0.563. The van der Waals surface area contributed by atoms with Gasteiger partial charge in [0.25, 0.3) is 0 Å². The molecule has 1 fully saturated rings. The molecule has 0 aromatic rings. The van der Waals surface area contributed by atoms with Crippen LogP contribution in [0.15, 0.2) is 0 Å². The monoisotopic (exact) mass is 164 g/mol. The third kappa shape index (κ3) is 1.82. The molecule has 1 aliphatic rings. The maximum Gasteiger partial charge on any atom is 0.200 e. The molecule has 2 N–H and O–H groups in total. The number of aliphatic hydroxyl groups excluding tert-OH is 1. The highest BCUT2D eigenvalue weighted by Crippen LogP contribution is 2.49. The molecule has 0 bridgehead atoms. The Morgan fingerprint density at radius 2 is 2.10 bits per heavy atom. The summed E-state index contributed by atoms with van der Waals surface area (Å²) in [7, 11) is -2.91. The predicted octanol–water partition coefficient (Wildman–Crippen LogP) is 0.800. The molecule has 1 saturated carbocycles. The van der Waals surface area contributed by atoms with Crippen LogP contribution in [0.2, 0.25) is 0 Å². The third-order valence-electron chi connectivity index (χ3n) is 2.05. The summed E-state index contributed by atoms with van der Waals surface area (Å²) in [5, 5.41) is 9.03. The smallest absolute Gasteiger partial charge is 0.200 e. The predicted molar refractivity (Wildman–Crippen MR) is 39.4 cm³/mol. The van der Waals surface area contributed by atoms with Gasteiger partial charge in [-0.05, 0) is 19.3 Å². The second-order valence-corrected chi connectivity index (χ2v) is 5.68. The molecule has 60 valence electrons.